The molecule has 0 amide bonds. The van der Waals surface area contributed by atoms with Crippen LogP contribution in [0.2, 0.25) is 0 Å². The Balaban J connectivity index is 0.00000242. The van der Waals surface area contributed by atoms with Crippen molar-refractivity contribution in [1.82, 2.24) is 15.5 Å². The number of likely N-dealkylation sites (tertiary alicyclic amines) is 1. The van der Waals surface area contributed by atoms with Gasteiger partial charge in [-0.05, 0) is 50.2 Å². The summed E-state index contributed by atoms with van der Waals surface area (Å²) in [6.07, 6.45) is 3.68. The van der Waals surface area contributed by atoms with Crippen LogP contribution >= 0.6 is 35.3 Å². The number of piperidine rings is 1. The van der Waals surface area contributed by atoms with E-state index in [0.29, 0.717) is 12.0 Å². The van der Waals surface area contributed by atoms with Crippen molar-refractivity contribution in [2.24, 2.45) is 10.9 Å². The smallest absolute Gasteiger partial charge is 0.190 e. The molecule has 22 heavy (non-hydrogen) atoms. The third kappa shape index (κ3) is 5.38. The van der Waals surface area contributed by atoms with Crippen molar-refractivity contribution in [3.05, 3.63) is 22.4 Å². The van der Waals surface area contributed by atoms with E-state index < -0.39 is 0 Å². The summed E-state index contributed by atoms with van der Waals surface area (Å²) in [5, 5.41) is 9.04. The lowest BCUT2D eigenvalue weighted by Gasteiger charge is -2.39. The topological polar surface area (TPSA) is 39.7 Å². The predicted octanol–water partition coefficient (Wildman–Crippen LogP) is 3.32. The summed E-state index contributed by atoms with van der Waals surface area (Å²) in [4.78, 5) is 8.29. The first-order valence-electron chi connectivity index (χ1n) is 7.94. The molecule has 1 aromatic rings. The fourth-order valence-corrected chi connectivity index (χ4v) is 4.06. The van der Waals surface area contributed by atoms with E-state index >= 15 is 0 Å². The van der Waals surface area contributed by atoms with Crippen LogP contribution in [0.25, 0.3) is 0 Å². The Morgan fingerprint density at radius 2 is 2.27 bits per heavy atom. The summed E-state index contributed by atoms with van der Waals surface area (Å²) in [5.74, 6) is 1.57. The highest BCUT2D eigenvalue weighted by Crippen LogP contribution is 2.36. The minimum absolute atomic E-state index is 0. The van der Waals surface area contributed by atoms with E-state index in [4.69, 9.17) is 0 Å². The van der Waals surface area contributed by atoms with E-state index in [-0.39, 0.29) is 24.0 Å². The number of aliphatic imine (C=N–C) groups is 1. The third-order valence-corrected chi connectivity index (χ3v) is 5.08. The molecule has 126 valence electrons. The minimum atomic E-state index is 0. The Kier molecular flexibility index (Phi) is 9.35. The Bertz CT molecular complexity index is 435. The van der Waals surface area contributed by atoms with Crippen molar-refractivity contribution < 1.29 is 0 Å². The molecule has 6 heteroatoms. The van der Waals surface area contributed by atoms with Crippen molar-refractivity contribution >= 4 is 41.3 Å². The molecular weight excluding hydrogens is 407 g/mol. The molecule has 0 bridgehead atoms. The average molecular weight is 436 g/mol. The highest BCUT2D eigenvalue weighted by atomic mass is 127. The van der Waals surface area contributed by atoms with E-state index in [1.54, 1.807) is 0 Å². The lowest BCUT2D eigenvalue weighted by Crippen LogP contribution is -2.45. The quantitative estimate of drug-likeness (QED) is 0.423. The van der Waals surface area contributed by atoms with Gasteiger partial charge in [0.1, 0.15) is 0 Å². The fourth-order valence-electron chi connectivity index (χ4n) is 3.07. The second-order valence-electron chi connectivity index (χ2n) is 5.72. The fraction of sp³-hybridized carbons (Fsp3) is 0.688. The highest BCUT2D eigenvalue weighted by molar-refractivity contribution is 14.0. The lowest BCUT2D eigenvalue weighted by molar-refractivity contribution is 0.125. The maximum Gasteiger partial charge on any atom is 0.190 e. The van der Waals surface area contributed by atoms with Gasteiger partial charge in [-0.1, -0.05) is 13.0 Å². The maximum absolute atomic E-state index is 4.30. The summed E-state index contributed by atoms with van der Waals surface area (Å²) >= 11 is 1.88. The summed E-state index contributed by atoms with van der Waals surface area (Å²) in [5.41, 5.74) is 0. The molecule has 1 aliphatic rings. The van der Waals surface area contributed by atoms with Crippen molar-refractivity contribution in [3.8, 4) is 0 Å². The molecule has 1 aromatic heterocycles. The van der Waals surface area contributed by atoms with Crippen molar-refractivity contribution in [1.29, 1.82) is 0 Å². The molecule has 1 fully saturated rings. The highest BCUT2D eigenvalue weighted by Gasteiger charge is 2.31. The van der Waals surface area contributed by atoms with Crippen molar-refractivity contribution in [3.63, 3.8) is 0 Å². The number of nitrogens with one attached hydrogen (secondary N) is 2. The number of halogens is 1. The van der Waals surface area contributed by atoms with Crippen LogP contribution in [-0.4, -0.2) is 44.6 Å². The summed E-state index contributed by atoms with van der Waals surface area (Å²) in [6.45, 7) is 5.32. The van der Waals surface area contributed by atoms with Crippen LogP contribution in [0.3, 0.4) is 0 Å². The van der Waals surface area contributed by atoms with Gasteiger partial charge < -0.3 is 10.6 Å². The number of rotatable bonds is 5. The van der Waals surface area contributed by atoms with Crippen LogP contribution in [0.1, 0.15) is 37.1 Å². The number of guanidine groups is 1. The summed E-state index contributed by atoms with van der Waals surface area (Å²) < 4.78 is 0. The van der Waals surface area contributed by atoms with Crippen LogP contribution < -0.4 is 10.6 Å². The number of hydrogen-bond donors (Lipinski definition) is 2. The van der Waals surface area contributed by atoms with Gasteiger partial charge in [0.2, 0.25) is 0 Å². The number of thiophene rings is 1. The zero-order valence-electron chi connectivity index (χ0n) is 13.8. The van der Waals surface area contributed by atoms with Gasteiger partial charge in [0.15, 0.2) is 5.96 Å². The zero-order valence-corrected chi connectivity index (χ0v) is 17.0. The van der Waals surface area contributed by atoms with Gasteiger partial charge in [-0.3, -0.25) is 9.89 Å². The lowest BCUT2D eigenvalue weighted by atomic mass is 9.88. The van der Waals surface area contributed by atoms with Gasteiger partial charge in [0.05, 0.1) is 0 Å². The average Bonchev–Trinajstić information content (AvgIpc) is 3.01. The SMILES string of the molecule is CCCNC(=NC)NCC1CCCN(C)C1c1cccs1.I. The van der Waals surface area contributed by atoms with Gasteiger partial charge >= 0.3 is 0 Å². The Labute approximate surface area is 155 Å². The number of hydrogen-bond acceptors (Lipinski definition) is 3. The number of nitrogens with zero attached hydrogens (tertiary/aromatic N) is 2. The molecule has 2 atom stereocenters. The van der Waals surface area contributed by atoms with Crippen LogP contribution in [0.4, 0.5) is 0 Å². The molecule has 2 rings (SSSR count). The monoisotopic (exact) mass is 436 g/mol. The van der Waals surface area contributed by atoms with Gasteiger partial charge in [-0.25, -0.2) is 0 Å². The van der Waals surface area contributed by atoms with Gasteiger partial charge in [-0.15, -0.1) is 35.3 Å². The Morgan fingerprint density at radius 1 is 1.45 bits per heavy atom. The summed E-state index contributed by atoms with van der Waals surface area (Å²) in [6, 6.07) is 4.97. The van der Waals surface area contributed by atoms with Crippen LogP contribution in [0, 0.1) is 5.92 Å². The third-order valence-electron chi connectivity index (χ3n) is 4.14. The zero-order chi connectivity index (χ0) is 15.1. The molecule has 2 heterocycles. The molecule has 0 radical (unpaired) electrons. The van der Waals surface area contributed by atoms with E-state index in [2.05, 4.69) is 52.0 Å². The Hall–Kier alpha value is -0.340. The predicted molar refractivity (Wildman–Crippen MR) is 107 cm³/mol. The molecule has 4 nitrogen and oxygen atoms in total. The van der Waals surface area contributed by atoms with E-state index in [9.17, 15) is 0 Å². The largest absolute Gasteiger partial charge is 0.356 e. The molecule has 1 saturated heterocycles. The van der Waals surface area contributed by atoms with E-state index in [1.807, 2.05) is 18.4 Å². The van der Waals surface area contributed by atoms with E-state index in [1.165, 1.54) is 24.3 Å². The molecule has 0 spiro atoms. The van der Waals surface area contributed by atoms with Crippen molar-refractivity contribution in [2.45, 2.75) is 32.2 Å². The van der Waals surface area contributed by atoms with Gasteiger partial charge in [0, 0.05) is 31.1 Å². The molecule has 0 aliphatic carbocycles. The first kappa shape index (κ1) is 19.7. The van der Waals surface area contributed by atoms with Crippen LogP contribution in [0.15, 0.2) is 22.5 Å². The van der Waals surface area contributed by atoms with Crippen LogP contribution in [0.5, 0.6) is 0 Å². The van der Waals surface area contributed by atoms with Gasteiger partial charge in [-0.2, -0.15) is 0 Å². The normalized spacial score (nSPS) is 23.0. The van der Waals surface area contributed by atoms with Crippen molar-refractivity contribution in [2.75, 3.05) is 33.7 Å². The Morgan fingerprint density at radius 3 is 2.91 bits per heavy atom. The van der Waals surface area contributed by atoms with E-state index in [0.717, 1.165) is 25.5 Å². The molecule has 2 unspecified atom stereocenters. The second kappa shape index (κ2) is 10.4. The summed E-state index contributed by atoms with van der Waals surface area (Å²) in [7, 11) is 4.09. The standard InChI is InChI=1S/C16H28N4S.HI/c1-4-9-18-16(17-2)19-12-13-7-5-10-20(3)15(13)14-8-6-11-21-14;/h6,8,11,13,15H,4-5,7,9-10,12H2,1-3H3,(H2,17,18,19);1H. The molecule has 2 N–H and O–H groups in total. The second-order valence-corrected chi connectivity index (χ2v) is 6.70. The van der Waals surface area contributed by atoms with Crippen LogP contribution in [-0.2, 0) is 0 Å². The first-order valence-corrected chi connectivity index (χ1v) is 8.82. The molecular formula is C16H29IN4S. The maximum atomic E-state index is 4.30. The minimum Gasteiger partial charge on any atom is -0.356 e. The molecule has 0 aromatic carbocycles. The first-order chi connectivity index (χ1) is 10.3. The van der Waals surface area contributed by atoms with Gasteiger partial charge in [0.25, 0.3) is 0 Å². The molecule has 0 saturated carbocycles. The molecule has 1 aliphatic heterocycles.